The van der Waals surface area contributed by atoms with Crippen molar-refractivity contribution in [1.29, 1.82) is 0 Å². The van der Waals surface area contributed by atoms with Gasteiger partial charge in [0.05, 0.1) is 6.26 Å². The van der Waals surface area contributed by atoms with Crippen LogP contribution in [0.3, 0.4) is 0 Å². The summed E-state index contributed by atoms with van der Waals surface area (Å²) >= 11 is 0. The fraction of sp³-hybridized carbons (Fsp3) is 0.750. The number of furan rings is 1. The molecule has 0 aromatic carbocycles. The fourth-order valence-corrected chi connectivity index (χ4v) is 4.29. The van der Waals surface area contributed by atoms with Crippen molar-refractivity contribution < 1.29 is 4.42 Å². The molecule has 0 radical (unpaired) electrons. The van der Waals surface area contributed by atoms with Crippen LogP contribution in [0.15, 0.2) is 16.7 Å². The molecule has 0 aliphatic heterocycles. The monoisotopic (exact) mass is 247 g/mol. The molecule has 3 rings (SSSR count). The molecule has 2 saturated carbocycles. The largest absolute Gasteiger partial charge is 0.469 e. The van der Waals surface area contributed by atoms with Gasteiger partial charge in [0.2, 0.25) is 0 Å². The highest BCUT2D eigenvalue weighted by molar-refractivity contribution is 5.20. The first kappa shape index (κ1) is 12.3. The third kappa shape index (κ3) is 2.23. The highest BCUT2D eigenvalue weighted by Crippen LogP contribution is 2.51. The van der Waals surface area contributed by atoms with E-state index in [0.29, 0.717) is 6.04 Å². The molecule has 2 heteroatoms. The summed E-state index contributed by atoms with van der Waals surface area (Å²) in [6, 6.07) is 2.65. The Balaban J connectivity index is 1.69. The minimum atomic E-state index is 0.498. The molecule has 1 N–H and O–H groups in total. The van der Waals surface area contributed by atoms with Crippen LogP contribution in [0.5, 0.6) is 0 Å². The average molecular weight is 247 g/mol. The van der Waals surface area contributed by atoms with Gasteiger partial charge in [-0.1, -0.05) is 13.3 Å². The standard InChI is InChI=1S/C16H25NO/c1-3-17-16(15-6-7-18-11(15)2)10-14-9-12-4-5-13(14)8-12/h6-7,12-14,16-17H,3-5,8-10H2,1-2H3. The Morgan fingerprint density at radius 3 is 2.83 bits per heavy atom. The highest BCUT2D eigenvalue weighted by atomic mass is 16.3. The SMILES string of the molecule is CCNC(CC1CC2CCC1C2)c1ccoc1C. The van der Waals surface area contributed by atoms with E-state index in [1.165, 1.54) is 37.7 Å². The van der Waals surface area contributed by atoms with E-state index in [4.69, 9.17) is 4.42 Å². The Morgan fingerprint density at radius 2 is 2.28 bits per heavy atom. The average Bonchev–Trinajstić information content (AvgIpc) is 3.04. The molecule has 4 unspecified atom stereocenters. The van der Waals surface area contributed by atoms with Gasteiger partial charge in [0, 0.05) is 11.6 Å². The van der Waals surface area contributed by atoms with E-state index in [9.17, 15) is 0 Å². The maximum atomic E-state index is 5.48. The molecule has 2 aliphatic carbocycles. The van der Waals surface area contributed by atoms with Crippen LogP contribution < -0.4 is 5.32 Å². The van der Waals surface area contributed by atoms with E-state index in [1.807, 2.05) is 6.26 Å². The lowest BCUT2D eigenvalue weighted by Crippen LogP contribution is -2.25. The molecule has 2 fully saturated rings. The predicted molar refractivity (Wildman–Crippen MR) is 73.4 cm³/mol. The Hall–Kier alpha value is -0.760. The quantitative estimate of drug-likeness (QED) is 0.848. The molecular formula is C16H25NO. The Labute approximate surface area is 110 Å². The van der Waals surface area contributed by atoms with E-state index < -0.39 is 0 Å². The van der Waals surface area contributed by atoms with E-state index in [2.05, 4.69) is 25.2 Å². The molecule has 2 bridgehead atoms. The molecule has 1 aromatic heterocycles. The zero-order chi connectivity index (χ0) is 12.5. The topological polar surface area (TPSA) is 25.2 Å². The number of hydrogen-bond donors (Lipinski definition) is 1. The van der Waals surface area contributed by atoms with Crippen LogP contribution in [0, 0.1) is 24.7 Å². The minimum absolute atomic E-state index is 0.498. The molecule has 1 aromatic rings. The Morgan fingerprint density at radius 1 is 1.39 bits per heavy atom. The maximum absolute atomic E-state index is 5.48. The molecule has 2 nitrogen and oxygen atoms in total. The van der Waals surface area contributed by atoms with Crippen molar-refractivity contribution in [3.63, 3.8) is 0 Å². The lowest BCUT2D eigenvalue weighted by Gasteiger charge is -2.27. The lowest BCUT2D eigenvalue weighted by atomic mass is 9.83. The lowest BCUT2D eigenvalue weighted by molar-refractivity contribution is 0.279. The number of hydrogen-bond acceptors (Lipinski definition) is 2. The number of nitrogens with one attached hydrogen (secondary N) is 1. The van der Waals surface area contributed by atoms with Crippen LogP contribution in [0.4, 0.5) is 0 Å². The molecular weight excluding hydrogens is 222 g/mol. The summed E-state index contributed by atoms with van der Waals surface area (Å²) in [6.45, 7) is 5.32. The van der Waals surface area contributed by atoms with Gasteiger partial charge in [-0.15, -0.1) is 0 Å². The minimum Gasteiger partial charge on any atom is -0.469 e. The van der Waals surface area contributed by atoms with Gasteiger partial charge in [0.15, 0.2) is 0 Å². The molecule has 4 atom stereocenters. The van der Waals surface area contributed by atoms with Gasteiger partial charge in [-0.3, -0.25) is 0 Å². The van der Waals surface area contributed by atoms with Gasteiger partial charge in [0.25, 0.3) is 0 Å². The second-order valence-electron chi connectivity index (χ2n) is 6.21. The van der Waals surface area contributed by atoms with Crippen LogP contribution >= 0.6 is 0 Å². The van der Waals surface area contributed by atoms with Crippen molar-refractivity contribution in [1.82, 2.24) is 5.32 Å². The smallest absolute Gasteiger partial charge is 0.105 e. The van der Waals surface area contributed by atoms with Gasteiger partial charge in [-0.25, -0.2) is 0 Å². The van der Waals surface area contributed by atoms with Gasteiger partial charge >= 0.3 is 0 Å². The van der Waals surface area contributed by atoms with Crippen LogP contribution in [0.1, 0.15) is 56.4 Å². The molecule has 2 aliphatic rings. The van der Waals surface area contributed by atoms with Crippen LogP contribution in [0.25, 0.3) is 0 Å². The normalized spacial score (nSPS) is 32.0. The zero-order valence-corrected chi connectivity index (χ0v) is 11.6. The first-order valence-electron chi connectivity index (χ1n) is 7.55. The van der Waals surface area contributed by atoms with Crippen LogP contribution in [-0.2, 0) is 0 Å². The van der Waals surface area contributed by atoms with Crippen molar-refractivity contribution in [2.24, 2.45) is 17.8 Å². The van der Waals surface area contributed by atoms with Crippen molar-refractivity contribution in [3.05, 3.63) is 23.7 Å². The van der Waals surface area contributed by atoms with Gasteiger partial charge in [-0.05, 0) is 63.0 Å². The van der Waals surface area contributed by atoms with Crippen molar-refractivity contribution in [2.45, 2.75) is 52.0 Å². The second-order valence-corrected chi connectivity index (χ2v) is 6.21. The Bertz CT molecular complexity index is 398. The fourth-order valence-electron chi connectivity index (χ4n) is 4.29. The summed E-state index contributed by atoms with van der Waals surface area (Å²) in [5, 5.41) is 3.65. The first-order valence-corrected chi connectivity index (χ1v) is 7.55. The third-order valence-electron chi connectivity index (χ3n) is 5.15. The summed E-state index contributed by atoms with van der Waals surface area (Å²) in [6.07, 6.45) is 9.10. The first-order chi connectivity index (χ1) is 8.78. The number of rotatable bonds is 5. The number of aryl methyl sites for hydroxylation is 1. The summed E-state index contributed by atoms with van der Waals surface area (Å²) < 4.78 is 5.48. The second kappa shape index (κ2) is 5.08. The summed E-state index contributed by atoms with van der Waals surface area (Å²) in [5.41, 5.74) is 1.37. The molecule has 0 amide bonds. The van der Waals surface area contributed by atoms with Crippen LogP contribution in [-0.4, -0.2) is 6.54 Å². The van der Waals surface area contributed by atoms with E-state index >= 15 is 0 Å². The van der Waals surface area contributed by atoms with Crippen molar-refractivity contribution >= 4 is 0 Å². The van der Waals surface area contributed by atoms with E-state index in [0.717, 1.165) is 30.1 Å². The molecule has 0 saturated heterocycles. The maximum Gasteiger partial charge on any atom is 0.105 e. The summed E-state index contributed by atoms with van der Waals surface area (Å²) in [5.74, 6) is 4.10. The van der Waals surface area contributed by atoms with Gasteiger partial charge < -0.3 is 9.73 Å². The van der Waals surface area contributed by atoms with Gasteiger partial charge in [-0.2, -0.15) is 0 Å². The molecule has 100 valence electrons. The van der Waals surface area contributed by atoms with Crippen molar-refractivity contribution in [3.8, 4) is 0 Å². The zero-order valence-electron chi connectivity index (χ0n) is 11.6. The molecule has 1 heterocycles. The summed E-state index contributed by atoms with van der Waals surface area (Å²) in [7, 11) is 0. The molecule has 18 heavy (non-hydrogen) atoms. The van der Waals surface area contributed by atoms with E-state index in [-0.39, 0.29) is 0 Å². The third-order valence-corrected chi connectivity index (χ3v) is 5.15. The highest BCUT2D eigenvalue weighted by Gasteiger charge is 2.40. The predicted octanol–water partition coefficient (Wildman–Crippen LogP) is 4.06. The van der Waals surface area contributed by atoms with E-state index in [1.54, 1.807) is 0 Å². The Kier molecular flexibility index (Phi) is 3.47. The molecule has 0 spiro atoms. The van der Waals surface area contributed by atoms with Crippen LogP contribution in [0.2, 0.25) is 0 Å². The number of fused-ring (bicyclic) bond motifs is 2. The van der Waals surface area contributed by atoms with Gasteiger partial charge in [0.1, 0.15) is 5.76 Å². The van der Waals surface area contributed by atoms with Crippen molar-refractivity contribution in [2.75, 3.05) is 6.54 Å². The summed E-state index contributed by atoms with van der Waals surface area (Å²) in [4.78, 5) is 0.